The Hall–Kier alpha value is -3.06. The molecule has 1 fully saturated rings. The largest absolute Gasteiger partial charge is 0.338 e. The van der Waals surface area contributed by atoms with Crippen LogP contribution in [0.2, 0.25) is 0 Å². The van der Waals surface area contributed by atoms with Gasteiger partial charge in [0, 0.05) is 25.7 Å². The lowest BCUT2D eigenvalue weighted by Crippen LogP contribution is -2.38. The van der Waals surface area contributed by atoms with Crippen LogP contribution in [0.4, 0.5) is 5.69 Å². The molecule has 1 aliphatic rings. The van der Waals surface area contributed by atoms with Crippen LogP contribution in [0.1, 0.15) is 41.4 Å². The minimum absolute atomic E-state index is 0.0655. The molecule has 0 bridgehead atoms. The number of hydrogen-bond acceptors (Lipinski definition) is 5. The van der Waals surface area contributed by atoms with Gasteiger partial charge in [-0.3, -0.25) is 14.6 Å². The Morgan fingerprint density at radius 3 is 2.52 bits per heavy atom. The van der Waals surface area contributed by atoms with Crippen LogP contribution < -0.4 is 5.32 Å². The minimum Gasteiger partial charge on any atom is -0.338 e. The number of rotatable bonds is 6. The highest BCUT2D eigenvalue weighted by Crippen LogP contribution is 2.34. The van der Waals surface area contributed by atoms with Gasteiger partial charge in [-0.2, -0.15) is 4.37 Å². The SMILES string of the molecule is CCC(=O)Nc1c(-c2ccccn2)nsc1C(=O)N1CCC(Cc2ccccc2)CC1. The van der Waals surface area contributed by atoms with Gasteiger partial charge >= 0.3 is 0 Å². The smallest absolute Gasteiger partial charge is 0.267 e. The van der Waals surface area contributed by atoms with E-state index in [1.54, 1.807) is 13.1 Å². The van der Waals surface area contributed by atoms with Crippen molar-refractivity contribution in [3.05, 3.63) is 65.2 Å². The van der Waals surface area contributed by atoms with E-state index in [1.165, 1.54) is 5.56 Å². The summed E-state index contributed by atoms with van der Waals surface area (Å²) < 4.78 is 4.48. The van der Waals surface area contributed by atoms with Crippen LogP contribution in [0.3, 0.4) is 0 Å². The van der Waals surface area contributed by atoms with E-state index in [-0.39, 0.29) is 11.8 Å². The molecule has 2 amide bonds. The Balaban J connectivity index is 1.49. The van der Waals surface area contributed by atoms with E-state index in [0.29, 0.717) is 47.4 Å². The molecule has 3 aromatic rings. The van der Waals surface area contributed by atoms with Gasteiger partial charge in [0.1, 0.15) is 10.6 Å². The first-order chi connectivity index (χ1) is 15.2. The first-order valence-corrected chi connectivity index (χ1v) is 11.5. The summed E-state index contributed by atoms with van der Waals surface area (Å²) >= 11 is 1.13. The van der Waals surface area contributed by atoms with E-state index in [9.17, 15) is 9.59 Å². The summed E-state index contributed by atoms with van der Waals surface area (Å²) in [4.78, 5) is 32.2. The number of nitrogens with one attached hydrogen (secondary N) is 1. The van der Waals surface area contributed by atoms with Crippen LogP contribution in [-0.4, -0.2) is 39.2 Å². The van der Waals surface area contributed by atoms with Crippen molar-refractivity contribution >= 4 is 29.0 Å². The lowest BCUT2D eigenvalue weighted by molar-refractivity contribution is -0.115. The zero-order valence-electron chi connectivity index (χ0n) is 17.6. The average molecular weight is 435 g/mol. The second-order valence-electron chi connectivity index (χ2n) is 7.78. The molecule has 160 valence electrons. The number of hydrogen-bond donors (Lipinski definition) is 1. The number of aromatic nitrogens is 2. The lowest BCUT2D eigenvalue weighted by Gasteiger charge is -2.32. The van der Waals surface area contributed by atoms with E-state index >= 15 is 0 Å². The summed E-state index contributed by atoms with van der Waals surface area (Å²) in [5, 5.41) is 2.89. The predicted molar refractivity (Wildman–Crippen MR) is 123 cm³/mol. The number of carbonyl (C=O) groups is 2. The number of nitrogens with zero attached hydrogens (tertiary/aromatic N) is 3. The van der Waals surface area contributed by atoms with Crippen LogP contribution in [0, 0.1) is 5.92 Å². The molecule has 6 nitrogen and oxygen atoms in total. The minimum atomic E-state index is -0.145. The van der Waals surface area contributed by atoms with E-state index in [1.807, 2.05) is 29.2 Å². The van der Waals surface area contributed by atoms with Gasteiger partial charge in [-0.15, -0.1) is 0 Å². The van der Waals surface area contributed by atoms with Gasteiger partial charge in [0.2, 0.25) is 5.91 Å². The van der Waals surface area contributed by atoms with Gasteiger partial charge in [0.15, 0.2) is 0 Å². The van der Waals surface area contributed by atoms with E-state index < -0.39 is 0 Å². The van der Waals surface area contributed by atoms with Crippen LogP contribution >= 0.6 is 11.5 Å². The summed E-state index contributed by atoms with van der Waals surface area (Å²) in [7, 11) is 0. The summed E-state index contributed by atoms with van der Waals surface area (Å²) in [6.45, 7) is 3.22. The van der Waals surface area contributed by atoms with Crippen LogP contribution in [0.5, 0.6) is 0 Å². The molecule has 1 aromatic carbocycles. The van der Waals surface area contributed by atoms with Crippen LogP contribution in [-0.2, 0) is 11.2 Å². The van der Waals surface area contributed by atoms with Crippen LogP contribution in [0.15, 0.2) is 54.7 Å². The molecule has 0 spiro atoms. The van der Waals surface area contributed by atoms with Crippen molar-refractivity contribution in [3.8, 4) is 11.4 Å². The van der Waals surface area contributed by atoms with Crippen molar-refractivity contribution in [2.45, 2.75) is 32.6 Å². The molecule has 0 atom stereocenters. The van der Waals surface area contributed by atoms with Gasteiger partial charge in [0.25, 0.3) is 5.91 Å². The third-order valence-electron chi connectivity index (χ3n) is 5.65. The molecular weight excluding hydrogens is 408 g/mol. The predicted octanol–water partition coefficient (Wildman–Crippen LogP) is 4.65. The zero-order chi connectivity index (χ0) is 21.6. The van der Waals surface area contributed by atoms with Crippen molar-refractivity contribution in [1.82, 2.24) is 14.3 Å². The molecule has 0 aliphatic carbocycles. The molecule has 2 aromatic heterocycles. The molecule has 0 saturated carbocycles. The van der Waals surface area contributed by atoms with E-state index in [0.717, 1.165) is 30.8 Å². The standard InChI is InChI=1S/C24H26N4O2S/c1-2-20(29)26-22-21(19-10-6-7-13-25-19)27-31-23(22)24(30)28-14-11-18(12-15-28)16-17-8-4-3-5-9-17/h3-10,13,18H,2,11-12,14-16H2,1H3,(H,26,29). The molecule has 0 unspecified atom stereocenters. The molecule has 1 aliphatic heterocycles. The number of anilines is 1. The molecule has 1 N–H and O–H groups in total. The summed E-state index contributed by atoms with van der Waals surface area (Å²) in [5.74, 6) is 0.369. The molecule has 4 rings (SSSR count). The van der Waals surface area contributed by atoms with Crippen LogP contribution in [0.25, 0.3) is 11.4 Å². The normalized spacial score (nSPS) is 14.4. The maximum absolute atomic E-state index is 13.3. The molecule has 0 radical (unpaired) electrons. The zero-order valence-corrected chi connectivity index (χ0v) is 18.4. The summed E-state index contributed by atoms with van der Waals surface area (Å²) in [5.41, 5.74) is 3.02. The Morgan fingerprint density at radius 2 is 1.84 bits per heavy atom. The second kappa shape index (κ2) is 9.83. The molecule has 3 heterocycles. The highest BCUT2D eigenvalue weighted by molar-refractivity contribution is 7.09. The van der Waals surface area contributed by atoms with E-state index in [2.05, 4.69) is 38.9 Å². The maximum atomic E-state index is 13.3. The molecular formula is C24H26N4O2S. The van der Waals surface area contributed by atoms with Gasteiger partial charge < -0.3 is 10.2 Å². The number of likely N-dealkylation sites (tertiary alicyclic amines) is 1. The first kappa shape index (κ1) is 21.2. The van der Waals surface area contributed by atoms with E-state index in [4.69, 9.17) is 0 Å². The third-order valence-corrected chi connectivity index (χ3v) is 6.48. The Kier molecular flexibility index (Phi) is 6.72. The van der Waals surface area contributed by atoms with Gasteiger partial charge in [-0.05, 0) is 54.4 Å². The monoisotopic (exact) mass is 434 g/mol. The van der Waals surface area contributed by atoms with Gasteiger partial charge in [-0.1, -0.05) is 43.3 Å². The molecule has 7 heteroatoms. The number of pyridine rings is 1. The highest BCUT2D eigenvalue weighted by Gasteiger charge is 2.29. The fraction of sp³-hybridized carbons (Fsp3) is 0.333. The molecule has 31 heavy (non-hydrogen) atoms. The number of amides is 2. The fourth-order valence-corrected chi connectivity index (χ4v) is 4.70. The first-order valence-electron chi connectivity index (χ1n) is 10.7. The quantitative estimate of drug-likeness (QED) is 0.613. The van der Waals surface area contributed by atoms with Crippen molar-refractivity contribution in [3.63, 3.8) is 0 Å². The van der Waals surface area contributed by atoms with Crippen molar-refractivity contribution in [2.75, 3.05) is 18.4 Å². The molecule has 1 saturated heterocycles. The average Bonchev–Trinajstić information content (AvgIpc) is 3.23. The van der Waals surface area contributed by atoms with Gasteiger partial charge in [-0.25, -0.2) is 0 Å². The van der Waals surface area contributed by atoms with Crippen molar-refractivity contribution in [2.24, 2.45) is 5.92 Å². The number of benzene rings is 1. The maximum Gasteiger partial charge on any atom is 0.267 e. The Morgan fingerprint density at radius 1 is 1.10 bits per heavy atom. The Labute approximate surface area is 186 Å². The van der Waals surface area contributed by atoms with Crippen molar-refractivity contribution < 1.29 is 9.59 Å². The number of carbonyl (C=O) groups excluding carboxylic acids is 2. The number of piperidine rings is 1. The topological polar surface area (TPSA) is 75.2 Å². The van der Waals surface area contributed by atoms with Crippen molar-refractivity contribution in [1.29, 1.82) is 0 Å². The summed E-state index contributed by atoms with van der Waals surface area (Å²) in [6, 6.07) is 16.0. The fourth-order valence-electron chi connectivity index (χ4n) is 3.89. The van der Waals surface area contributed by atoms with Gasteiger partial charge in [0.05, 0.1) is 11.4 Å². The highest BCUT2D eigenvalue weighted by atomic mass is 32.1. The third kappa shape index (κ3) is 4.99. The lowest BCUT2D eigenvalue weighted by atomic mass is 9.90. The Bertz CT molecular complexity index is 1030. The summed E-state index contributed by atoms with van der Waals surface area (Å²) in [6.07, 6.45) is 5.01. The second-order valence-corrected chi connectivity index (χ2v) is 8.55.